The summed E-state index contributed by atoms with van der Waals surface area (Å²) in [5.74, 6) is 1.52. The van der Waals surface area contributed by atoms with Gasteiger partial charge in [0.05, 0.1) is 7.11 Å². The van der Waals surface area contributed by atoms with Crippen molar-refractivity contribution in [1.29, 1.82) is 0 Å². The molecule has 0 saturated heterocycles. The Balaban J connectivity index is 2.67. The third-order valence-corrected chi connectivity index (χ3v) is 2.85. The number of phenols is 1. The first-order valence-corrected chi connectivity index (χ1v) is 5.43. The molecule has 2 rings (SSSR count). The molecule has 84 valence electrons. The average Bonchev–Trinajstić information content (AvgIpc) is 2.28. The van der Waals surface area contributed by atoms with E-state index in [2.05, 4.69) is 13.8 Å². The molecule has 0 radical (unpaired) electrons. The van der Waals surface area contributed by atoms with Gasteiger partial charge in [0, 0.05) is 5.39 Å². The number of benzene rings is 2. The highest BCUT2D eigenvalue weighted by atomic mass is 16.5. The van der Waals surface area contributed by atoms with Crippen molar-refractivity contribution in [3.63, 3.8) is 0 Å². The quantitative estimate of drug-likeness (QED) is 0.829. The molecule has 0 atom stereocenters. The molecule has 2 aromatic rings. The molecular weight excluding hydrogens is 200 g/mol. The lowest BCUT2D eigenvalue weighted by Gasteiger charge is -2.11. The molecular formula is C14H16O2. The summed E-state index contributed by atoms with van der Waals surface area (Å²) in [5.41, 5.74) is 0.984. The topological polar surface area (TPSA) is 29.5 Å². The van der Waals surface area contributed by atoms with Gasteiger partial charge in [-0.25, -0.2) is 0 Å². The molecule has 0 aliphatic rings. The van der Waals surface area contributed by atoms with Crippen LogP contribution < -0.4 is 4.74 Å². The van der Waals surface area contributed by atoms with Gasteiger partial charge in [0.1, 0.15) is 11.5 Å². The number of hydrogen-bond acceptors (Lipinski definition) is 2. The molecule has 2 heteroatoms. The Morgan fingerprint density at radius 3 is 2.50 bits per heavy atom. The Morgan fingerprint density at radius 1 is 1.12 bits per heavy atom. The van der Waals surface area contributed by atoms with Crippen LogP contribution in [0, 0.1) is 0 Å². The van der Waals surface area contributed by atoms with Crippen molar-refractivity contribution in [2.45, 2.75) is 19.8 Å². The van der Waals surface area contributed by atoms with Gasteiger partial charge in [-0.1, -0.05) is 26.0 Å². The molecule has 0 spiro atoms. The minimum Gasteiger partial charge on any atom is -0.507 e. The third-order valence-electron chi connectivity index (χ3n) is 2.85. The number of rotatable bonds is 2. The second-order valence-corrected chi connectivity index (χ2v) is 4.25. The van der Waals surface area contributed by atoms with E-state index in [0.29, 0.717) is 11.7 Å². The summed E-state index contributed by atoms with van der Waals surface area (Å²) >= 11 is 0. The fraction of sp³-hybridized carbons (Fsp3) is 0.286. The van der Waals surface area contributed by atoms with E-state index in [1.807, 2.05) is 30.3 Å². The molecule has 0 saturated carbocycles. The molecule has 2 nitrogen and oxygen atoms in total. The monoisotopic (exact) mass is 216 g/mol. The van der Waals surface area contributed by atoms with Crippen LogP contribution in [0.25, 0.3) is 10.8 Å². The maximum Gasteiger partial charge on any atom is 0.126 e. The van der Waals surface area contributed by atoms with Gasteiger partial charge in [-0.15, -0.1) is 0 Å². The smallest absolute Gasteiger partial charge is 0.126 e. The molecule has 0 aliphatic carbocycles. The van der Waals surface area contributed by atoms with Crippen LogP contribution in [0.1, 0.15) is 25.3 Å². The number of hydrogen-bond donors (Lipinski definition) is 1. The normalized spacial score (nSPS) is 11.0. The standard InChI is InChI=1S/C14H16O2/c1-9(2)12-6-4-10-8-11(16-3)5-7-13(10)14(12)15/h4-9,15H,1-3H3. The maximum atomic E-state index is 10.1. The molecule has 16 heavy (non-hydrogen) atoms. The van der Waals surface area contributed by atoms with Crippen LogP contribution in [0.2, 0.25) is 0 Å². The van der Waals surface area contributed by atoms with Crippen molar-refractivity contribution in [2.75, 3.05) is 7.11 Å². The zero-order valence-corrected chi connectivity index (χ0v) is 9.82. The Labute approximate surface area is 95.5 Å². The van der Waals surface area contributed by atoms with E-state index in [-0.39, 0.29) is 0 Å². The Morgan fingerprint density at radius 2 is 1.88 bits per heavy atom. The second kappa shape index (κ2) is 4.05. The molecule has 0 fully saturated rings. The fourth-order valence-electron chi connectivity index (χ4n) is 1.90. The van der Waals surface area contributed by atoms with E-state index < -0.39 is 0 Å². The highest BCUT2D eigenvalue weighted by Gasteiger charge is 2.09. The van der Waals surface area contributed by atoms with Crippen molar-refractivity contribution < 1.29 is 9.84 Å². The molecule has 0 bridgehead atoms. The van der Waals surface area contributed by atoms with Crippen molar-refractivity contribution >= 4 is 10.8 Å². The minimum absolute atomic E-state index is 0.325. The molecule has 0 aromatic heterocycles. The Bertz CT molecular complexity index is 515. The predicted octanol–water partition coefficient (Wildman–Crippen LogP) is 3.68. The van der Waals surface area contributed by atoms with Crippen LogP contribution in [0.15, 0.2) is 30.3 Å². The molecule has 1 N–H and O–H groups in total. The van der Waals surface area contributed by atoms with Crippen LogP contribution in [0.3, 0.4) is 0 Å². The zero-order valence-electron chi connectivity index (χ0n) is 9.82. The van der Waals surface area contributed by atoms with Gasteiger partial charge in [-0.05, 0) is 35.1 Å². The molecule has 0 aliphatic heterocycles. The van der Waals surface area contributed by atoms with Gasteiger partial charge >= 0.3 is 0 Å². The van der Waals surface area contributed by atoms with Gasteiger partial charge in [-0.2, -0.15) is 0 Å². The van der Waals surface area contributed by atoms with Crippen LogP contribution in [-0.4, -0.2) is 12.2 Å². The summed E-state index contributed by atoms with van der Waals surface area (Å²) in [6.07, 6.45) is 0. The van der Waals surface area contributed by atoms with E-state index in [1.54, 1.807) is 7.11 Å². The summed E-state index contributed by atoms with van der Waals surface area (Å²) in [6, 6.07) is 9.69. The van der Waals surface area contributed by atoms with Crippen LogP contribution in [0.5, 0.6) is 11.5 Å². The first kappa shape index (κ1) is 10.8. The van der Waals surface area contributed by atoms with E-state index in [0.717, 1.165) is 22.1 Å². The first-order chi connectivity index (χ1) is 7.63. The third kappa shape index (κ3) is 1.71. The summed E-state index contributed by atoms with van der Waals surface area (Å²) < 4.78 is 5.16. The van der Waals surface area contributed by atoms with Crippen molar-refractivity contribution in [2.24, 2.45) is 0 Å². The maximum absolute atomic E-state index is 10.1. The van der Waals surface area contributed by atoms with Crippen molar-refractivity contribution in [3.8, 4) is 11.5 Å². The summed E-state index contributed by atoms with van der Waals surface area (Å²) in [5, 5.41) is 12.0. The average molecular weight is 216 g/mol. The van der Waals surface area contributed by atoms with Crippen LogP contribution >= 0.6 is 0 Å². The lowest BCUT2D eigenvalue weighted by molar-refractivity contribution is 0.415. The van der Waals surface area contributed by atoms with Gasteiger partial charge in [-0.3, -0.25) is 0 Å². The number of fused-ring (bicyclic) bond motifs is 1. The summed E-state index contributed by atoms with van der Waals surface area (Å²) in [7, 11) is 1.64. The van der Waals surface area contributed by atoms with E-state index in [9.17, 15) is 5.11 Å². The Kier molecular flexibility index (Phi) is 2.73. The number of phenolic OH excluding ortho intramolecular Hbond substituents is 1. The minimum atomic E-state index is 0.325. The van der Waals surface area contributed by atoms with Crippen LogP contribution in [0.4, 0.5) is 0 Å². The first-order valence-electron chi connectivity index (χ1n) is 5.43. The highest BCUT2D eigenvalue weighted by molar-refractivity contribution is 5.90. The number of aromatic hydroxyl groups is 1. The van der Waals surface area contributed by atoms with Crippen molar-refractivity contribution in [3.05, 3.63) is 35.9 Å². The predicted molar refractivity (Wildman–Crippen MR) is 66.3 cm³/mol. The summed E-state index contributed by atoms with van der Waals surface area (Å²) in [6.45, 7) is 4.15. The Hall–Kier alpha value is -1.70. The van der Waals surface area contributed by atoms with Gasteiger partial charge in [0.15, 0.2) is 0 Å². The second-order valence-electron chi connectivity index (χ2n) is 4.25. The van der Waals surface area contributed by atoms with Crippen molar-refractivity contribution in [1.82, 2.24) is 0 Å². The largest absolute Gasteiger partial charge is 0.507 e. The van der Waals surface area contributed by atoms with Gasteiger partial charge < -0.3 is 9.84 Å². The molecule has 2 aromatic carbocycles. The van der Waals surface area contributed by atoms with Gasteiger partial charge in [0.2, 0.25) is 0 Å². The summed E-state index contributed by atoms with van der Waals surface area (Å²) in [4.78, 5) is 0. The number of methoxy groups -OCH3 is 1. The van der Waals surface area contributed by atoms with E-state index in [4.69, 9.17) is 4.74 Å². The highest BCUT2D eigenvalue weighted by Crippen LogP contribution is 2.34. The molecule has 0 heterocycles. The van der Waals surface area contributed by atoms with Gasteiger partial charge in [0.25, 0.3) is 0 Å². The zero-order chi connectivity index (χ0) is 11.7. The van der Waals surface area contributed by atoms with E-state index >= 15 is 0 Å². The lowest BCUT2D eigenvalue weighted by atomic mass is 9.97. The lowest BCUT2D eigenvalue weighted by Crippen LogP contribution is -1.89. The van der Waals surface area contributed by atoms with E-state index in [1.165, 1.54) is 0 Å². The SMILES string of the molecule is COc1ccc2c(O)c(C(C)C)ccc2c1. The number of ether oxygens (including phenoxy) is 1. The fourth-order valence-corrected chi connectivity index (χ4v) is 1.90. The molecule has 0 unspecified atom stereocenters. The molecule has 0 amide bonds. The van der Waals surface area contributed by atoms with Crippen LogP contribution in [-0.2, 0) is 0 Å².